The van der Waals surface area contributed by atoms with Crippen molar-refractivity contribution in [1.82, 2.24) is 15.0 Å². The second-order valence-electron chi connectivity index (χ2n) is 3.68. The number of aromatic amines is 1. The summed E-state index contributed by atoms with van der Waals surface area (Å²) in [6.07, 6.45) is 5.20. The van der Waals surface area contributed by atoms with Crippen molar-refractivity contribution in [3.05, 3.63) is 43.0 Å². The van der Waals surface area contributed by atoms with Gasteiger partial charge < -0.3 is 9.72 Å². The first-order valence-electron chi connectivity index (χ1n) is 6.30. The van der Waals surface area contributed by atoms with Crippen LogP contribution in [0.2, 0.25) is 0 Å². The number of imidazole rings is 1. The molecule has 3 aromatic rings. The monoisotopic (exact) mass is 255 g/mol. The molecule has 0 atom stereocenters. The second kappa shape index (κ2) is 6.00. The van der Waals surface area contributed by atoms with Crippen LogP contribution in [0.4, 0.5) is 0 Å². The molecule has 2 aromatic heterocycles. The molecule has 1 aromatic carbocycles. The lowest BCUT2D eigenvalue weighted by Crippen LogP contribution is -1.89. The Morgan fingerprint density at radius 1 is 1.11 bits per heavy atom. The van der Waals surface area contributed by atoms with Crippen LogP contribution in [0.1, 0.15) is 13.8 Å². The molecule has 0 fully saturated rings. The van der Waals surface area contributed by atoms with E-state index in [1.54, 1.807) is 25.8 Å². The lowest BCUT2D eigenvalue weighted by molar-refractivity contribution is 0.416. The highest BCUT2D eigenvalue weighted by molar-refractivity contribution is 5.93. The van der Waals surface area contributed by atoms with Crippen molar-refractivity contribution in [3.8, 4) is 16.9 Å². The Hall–Kier alpha value is -2.36. The van der Waals surface area contributed by atoms with Gasteiger partial charge in [-0.1, -0.05) is 26.0 Å². The van der Waals surface area contributed by atoms with Crippen LogP contribution < -0.4 is 4.74 Å². The second-order valence-corrected chi connectivity index (χ2v) is 3.68. The minimum atomic E-state index is 0.801. The third-order valence-electron chi connectivity index (χ3n) is 2.74. The van der Waals surface area contributed by atoms with Gasteiger partial charge in [-0.2, -0.15) is 0 Å². The molecule has 0 saturated heterocycles. The Labute approximate surface area is 112 Å². The maximum absolute atomic E-state index is 5.35. The maximum Gasteiger partial charge on any atom is 0.129 e. The van der Waals surface area contributed by atoms with Crippen molar-refractivity contribution in [2.75, 3.05) is 7.11 Å². The van der Waals surface area contributed by atoms with Gasteiger partial charge in [0.2, 0.25) is 0 Å². The number of hydrogen-bond acceptors (Lipinski definition) is 3. The van der Waals surface area contributed by atoms with Crippen molar-refractivity contribution in [3.63, 3.8) is 0 Å². The zero-order chi connectivity index (χ0) is 13.7. The van der Waals surface area contributed by atoms with E-state index < -0.39 is 0 Å². The lowest BCUT2D eigenvalue weighted by Gasteiger charge is -2.07. The Balaban J connectivity index is 0.000000637. The summed E-state index contributed by atoms with van der Waals surface area (Å²) in [5.74, 6) is 0.801. The summed E-state index contributed by atoms with van der Waals surface area (Å²) >= 11 is 0. The molecule has 0 bridgehead atoms. The normalized spacial score (nSPS) is 9.84. The number of nitrogens with zero attached hydrogens (tertiary/aromatic N) is 2. The summed E-state index contributed by atoms with van der Waals surface area (Å²) in [5, 5.41) is 0. The first-order chi connectivity index (χ1) is 9.40. The number of benzene rings is 1. The highest BCUT2D eigenvalue weighted by atomic mass is 16.5. The lowest BCUT2D eigenvalue weighted by atomic mass is 10.1. The van der Waals surface area contributed by atoms with Crippen molar-refractivity contribution in [2.45, 2.75) is 13.8 Å². The number of ether oxygens (including phenoxy) is 1. The molecule has 3 rings (SSSR count). The molecule has 1 N–H and O–H groups in total. The molecule has 2 heterocycles. The quantitative estimate of drug-likeness (QED) is 0.760. The number of pyridine rings is 1. The molecule has 0 amide bonds. The molecule has 0 spiro atoms. The largest absolute Gasteiger partial charge is 0.496 e. The van der Waals surface area contributed by atoms with Crippen LogP contribution >= 0.6 is 0 Å². The average Bonchev–Trinajstić information content (AvgIpc) is 2.97. The number of methoxy groups -OCH3 is 1. The summed E-state index contributed by atoms with van der Waals surface area (Å²) in [5.41, 5.74) is 3.91. The Bertz CT molecular complexity index is 661. The molecular weight excluding hydrogens is 238 g/mol. The van der Waals surface area contributed by atoms with E-state index in [-0.39, 0.29) is 0 Å². The van der Waals surface area contributed by atoms with Crippen molar-refractivity contribution < 1.29 is 4.74 Å². The fraction of sp³-hybridized carbons (Fsp3) is 0.200. The number of para-hydroxylation sites is 1. The van der Waals surface area contributed by atoms with E-state index >= 15 is 0 Å². The minimum Gasteiger partial charge on any atom is -0.496 e. The predicted molar refractivity (Wildman–Crippen MR) is 77.2 cm³/mol. The van der Waals surface area contributed by atoms with Gasteiger partial charge >= 0.3 is 0 Å². The zero-order valence-corrected chi connectivity index (χ0v) is 11.3. The Morgan fingerprint density at radius 3 is 2.74 bits per heavy atom. The van der Waals surface area contributed by atoms with E-state index in [4.69, 9.17) is 4.74 Å². The van der Waals surface area contributed by atoms with Crippen molar-refractivity contribution in [1.29, 1.82) is 0 Å². The molecule has 19 heavy (non-hydrogen) atoms. The number of aromatic nitrogens is 3. The molecule has 0 aliphatic rings. The van der Waals surface area contributed by atoms with E-state index in [1.807, 2.05) is 38.1 Å². The van der Waals surface area contributed by atoms with Crippen molar-refractivity contribution >= 4 is 11.0 Å². The zero-order valence-electron chi connectivity index (χ0n) is 11.3. The summed E-state index contributed by atoms with van der Waals surface area (Å²) in [7, 11) is 1.66. The van der Waals surface area contributed by atoms with E-state index in [1.165, 1.54) is 0 Å². The van der Waals surface area contributed by atoms with Crippen LogP contribution in [0.3, 0.4) is 0 Å². The number of fused-ring (bicyclic) bond motifs is 1. The third kappa shape index (κ3) is 2.42. The summed E-state index contributed by atoms with van der Waals surface area (Å²) in [6, 6.07) is 7.85. The Kier molecular flexibility index (Phi) is 4.13. The van der Waals surface area contributed by atoms with Crippen LogP contribution in [0.15, 0.2) is 43.0 Å². The fourth-order valence-corrected chi connectivity index (χ4v) is 1.94. The average molecular weight is 255 g/mol. The van der Waals surface area contributed by atoms with Gasteiger partial charge in [-0.3, -0.25) is 4.98 Å². The van der Waals surface area contributed by atoms with Crippen LogP contribution in [0, 0.1) is 0 Å². The number of hydrogen-bond donors (Lipinski definition) is 1. The van der Waals surface area contributed by atoms with Crippen LogP contribution in [0.25, 0.3) is 22.2 Å². The maximum atomic E-state index is 5.35. The molecule has 4 nitrogen and oxygen atoms in total. The SMILES string of the molecule is CC.COc1ccncc1-c1cccc2[nH]cnc12. The number of nitrogens with one attached hydrogen (secondary N) is 1. The Morgan fingerprint density at radius 2 is 1.95 bits per heavy atom. The molecule has 4 heteroatoms. The molecule has 0 aliphatic carbocycles. The van der Waals surface area contributed by atoms with Gasteiger partial charge in [-0.05, 0) is 12.1 Å². The van der Waals surface area contributed by atoms with Crippen LogP contribution in [-0.2, 0) is 0 Å². The van der Waals surface area contributed by atoms with Gasteiger partial charge in [-0.15, -0.1) is 0 Å². The number of rotatable bonds is 2. The van der Waals surface area contributed by atoms with E-state index in [2.05, 4.69) is 15.0 Å². The summed E-state index contributed by atoms with van der Waals surface area (Å²) in [6.45, 7) is 4.00. The first-order valence-corrected chi connectivity index (χ1v) is 6.30. The van der Waals surface area contributed by atoms with E-state index in [9.17, 15) is 0 Å². The van der Waals surface area contributed by atoms with E-state index in [0.29, 0.717) is 0 Å². The smallest absolute Gasteiger partial charge is 0.129 e. The summed E-state index contributed by atoms with van der Waals surface area (Å²) in [4.78, 5) is 11.6. The van der Waals surface area contributed by atoms with Crippen LogP contribution in [-0.4, -0.2) is 22.1 Å². The molecule has 0 saturated carbocycles. The van der Waals surface area contributed by atoms with Gasteiger partial charge in [0, 0.05) is 23.5 Å². The van der Waals surface area contributed by atoms with Crippen molar-refractivity contribution in [2.24, 2.45) is 0 Å². The van der Waals surface area contributed by atoms with E-state index in [0.717, 1.165) is 27.9 Å². The predicted octanol–water partition coefficient (Wildman–Crippen LogP) is 3.66. The highest BCUT2D eigenvalue weighted by Gasteiger charge is 2.10. The molecule has 0 radical (unpaired) electrons. The van der Waals surface area contributed by atoms with Gasteiger partial charge in [0.25, 0.3) is 0 Å². The molecular formula is C15H17N3O. The van der Waals surface area contributed by atoms with Gasteiger partial charge in [-0.25, -0.2) is 4.98 Å². The van der Waals surface area contributed by atoms with Gasteiger partial charge in [0.15, 0.2) is 0 Å². The molecule has 98 valence electrons. The molecule has 0 aliphatic heterocycles. The summed E-state index contributed by atoms with van der Waals surface area (Å²) < 4.78 is 5.35. The fourth-order valence-electron chi connectivity index (χ4n) is 1.94. The molecule has 0 unspecified atom stereocenters. The number of H-pyrrole nitrogens is 1. The topological polar surface area (TPSA) is 50.8 Å². The minimum absolute atomic E-state index is 0.801. The van der Waals surface area contributed by atoms with Crippen LogP contribution in [0.5, 0.6) is 5.75 Å². The third-order valence-corrected chi connectivity index (χ3v) is 2.74. The van der Waals surface area contributed by atoms with Gasteiger partial charge in [0.1, 0.15) is 5.75 Å². The highest BCUT2D eigenvalue weighted by Crippen LogP contribution is 2.32. The van der Waals surface area contributed by atoms with Gasteiger partial charge in [0.05, 0.1) is 24.5 Å². The standard InChI is InChI=1S/C13H11N3O.C2H6/c1-17-12-5-6-14-7-10(12)9-3-2-4-11-13(9)16-8-15-11;1-2/h2-8H,1H3,(H,15,16);1-2H3. The first kappa shape index (κ1) is 13.1.